The average molecular weight is 428 g/mol. The molecule has 0 saturated carbocycles. The molecular formula is C22H25FN4O4. The zero-order valence-electron chi connectivity index (χ0n) is 17.4. The highest BCUT2D eigenvalue weighted by atomic mass is 19.1. The van der Waals surface area contributed by atoms with Gasteiger partial charge in [-0.25, -0.2) is 4.39 Å². The van der Waals surface area contributed by atoms with Gasteiger partial charge in [0.15, 0.2) is 5.69 Å². The van der Waals surface area contributed by atoms with Crippen molar-refractivity contribution < 1.29 is 23.5 Å². The lowest BCUT2D eigenvalue weighted by Gasteiger charge is -2.30. The van der Waals surface area contributed by atoms with Crippen LogP contribution in [-0.4, -0.2) is 63.6 Å². The summed E-state index contributed by atoms with van der Waals surface area (Å²) in [6.45, 7) is 4.35. The average Bonchev–Trinajstić information content (AvgIpc) is 3.22. The number of ether oxygens (including phenoxy) is 1. The Morgan fingerprint density at radius 2 is 1.84 bits per heavy atom. The van der Waals surface area contributed by atoms with Gasteiger partial charge in [-0.05, 0) is 37.5 Å². The van der Waals surface area contributed by atoms with E-state index >= 15 is 0 Å². The smallest absolute Gasteiger partial charge is 0.309 e. The molecule has 0 radical (unpaired) electrons. The molecule has 0 atom stereocenters. The third-order valence-corrected chi connectivity index (χ3v) is 5.78. The molecule has 164 valence electrons. The number of carbonyl (C=O) groups excluding carboxylic acids is 3. The number of hydrogen-bond donors (Lipinski definition) is 0. The van der Waals surface area contributed by atoms with Gasteiger partial charge >= 0.3 is 5.97 Å². The summed E-state index contributed by atoms with van der Waals surface area (Å²) in [5, 5.41) is 4.35. The molecular weight excluding hydrogens is 403 g/mol. The standard InChI is InChI=1S/C22H25FN4O4/c1-2-31-22(30)16-7-9-25(10-8-16)20(28)18-13-19-21(29)26(11-12-27(19)24-18)14-15-3-5-17(23)6-4-15/h3-6,13,16H,2,7-12,14H2,1H3. The van der Waals surface area contributed by atoms with E-state index in [0.717, 1.165) is 5.56 Å². The summed E-state index contributed by atoms with van der Waals surface area (Å²) in [4.78, 5) is 41.0. The highest BCUT2D eigenvalue weighted by Crippen LogP contribution is 2.22. The number of halogens is 1. The van der Waals surface area contributed by atoms with E-state index in [1.165, 1.54) is 12.1 Å². The van der Waals surface area contributed by atoms with E-state index in [0.29, 0.717) is 57.9 Å². The van der Waals surface area contributed by atoms with Crippen LogP contribution < -0.4 is 0 Å². The monoisotopic (exact) mass is 428 g/mol. The molecule has 1 fully saturated rings. The van der Waals surface area contributed by atoms with Crippen molar-refractivity contribution in [3.05, 3.63) is 53.1 Å². The molecule has 0 N–H and O–H groups in total. The molecule has 0 aliphatic carbocycles. The predicted molar refractivity (Wildman–Crippen MR) is 109 cm³/mol. The molecule has 0 bridgehead atoms. The second-order valence-electron chi connectivity index (χ2n) is 7.81. The van der Waals surface area contributed by atoms with E-state index in [2.05, 4.69) is 5.10 Å². The number of rotatable bonds is 5. The van der Waals surface area contributed by atoms with Gasteiger partial charge in [0.05, 0.1) is 19.1 Å². The molecule has 1 saturated heterocycles. The van der Waals surface area contributed by atoms with Gasteiger partial charge in [0.25, 0.3) is 11.8 Å². The van der Waals surface area contributed by atoms with Crippen molar-refractivity contribution in [3.63, 3.8) is 0 Å². The number of fused-ring (bicyclic) bond motifs is 1. The number of aromatic nitrogens is 2. The molecule has 4 rings (SSSR count). The number of piperidine rings is 1. The lowest BCUT2D eigenvalue weighted by atomic mass is 9.97. The van der Waals surface area contributed by atoms with Gasteiger partial charge in [-0.3, -0.25) is 19.1 Å². The summed E-state index contributed by atoms with van der Waals surface area (Å²) < 4.78 is 19.8. The van der Waals surface area contributed by atoms with Crippen molar-refractivity contribution >= 4 is 17.8 Å². The molecule has 1 aromatic carbocycles. The number of benzene rings is 1. The molecule has 2 amide bonds. The minimum Gasteiger partial charge on any atom is -0.466 e. The molecule has 8 nitrogen and oxygen atoms in total. The first-order valence-electron chi connectivity index (χ1n) is 10.5. The van der Waals surface area contributed by atoms with Crippen LogP contribution in [0.3, 0.4) is 0 Å². The van der Waals surface area contributed by atoms with Gasteiger partial charge in [-0.1, -0.05) is 12.1 Å². The first-order chi connectivity index (χ1) is 15.0. The fraction of sp³-hybridized carbons (Fsp3) is 0.455. The predicted octanol–water partition coefficient (Wildman–Crippen LogP) is 2.09. The van der Waals surface area contributed by atoms with Crippen molar-refractivity contribution in [3.8, 4) is 0 Å². The Hall–Kier alpha value is -3.23. The maximum Gasteiger partial charge on any atom is 0.309 e. The lowest BCUT2D eigenvalue weighted by Crippen LogP contribution is -2.41. The highest BCUT2D eigenvalue weighted by Gasteiger charge is 2.32. The maximum absolute atomic E-state index is 13.1. The van der Waals surface area contributed by atoms with Gasteiger partial charge in [0.2, 0.25) is 0 Å². The molecule has 2 aliphatic heterocycles. The Kier molecular flexibility index (Phi) is 6.01. The molecule has 1 aromatic heterocycles. The first-order valence-corrected chi connectivity index (χ1v) is 10.5. The summed E-state index contributed by atoms with van der Waals surface area (Å²) in [6.07, 6.45) is 1.12. The number of carbonyl (C=O) groups is 3. The fourth-order valence-corrected chi connectivity index (χ4v) is 4.04. The van der Waals surface area contributed by atoms with Gasteiger partial charge in [0.1, 0.15) is 11.5 Å². The van der Waals surface area contributed by atoms with E-state index in [1.54, 1.807) is 39.6 Å². The number of hydrogen-bond acceptors (Lipinski definition) is 5. The molecule has 31 heavy (non-hydrogen) atoms. The number of nitrogens with zero attached hydrogens (tertiary/aromatic N) is 4. The zero-order valence-corrected chi connectivity index (χ0v) is 17.4. The van der Waals surface area contributed by atoms with E-state index in [4.69, 9.17) is 4.74 Å². The Bertz CT molecular complexity index is 980. The summed E-state index contributed by atoms with van der Waals surface area (Å²) in [5.74, 6) is -1.15. The van der Waals surface area contributed by atoms with Gasteiger partial charge in [-0.15, -0.1) is 0 Å². The third-order valence-electron chi connectivity index (χ3n) is 5.78. The molecule has 0 unspecified atom stereocenters. The Morgan fingerprint density at radius 1 is 1.13 bits per heavy atom. The molecule has 3 heterocycles. The van der Waals surface area contributed by atoms with Crippen molar-refractivity contribution in [2.75, 3.05) is 26.2 Å². The van der Waals surface area contributed by atoms with Crippen molar-refractivity contribution in [2.45, 2.75) is 32.9 Å². The number of likely N-dealkylation sites (tertiary alicyclic amines) is 1. The minimum atomic E-state index is -0.318. The van der Waals surface area contributed by atoms with Crippen LogP contribution in [0.25, 0.3) is 0 Å². The zero-order chi connectivity index (χ0) is 22.0. The number of esters is 1. The molecule has 9 heteroatoms. The summed E-state index contributed by atoms with van der Waals surface area (Å²) >= 11 is 0. The van der Waals surface area contributed by atoms with Crippen LogP contribution in [0.5, 0.6) is 0 Å². The van der Waals surface area contributed by atoms with E-state index in [9.17, 15) is 18.8 Å². The molecule has 2 aliphatic rings. The van der Waals surface area contributed by atoms with Crippen LogP contribution in [0.2, 0.25) is 0 Å². The van der Waals surface area contributed by atoms with Gasteiger partial charge < -0.3 is 14.5 Å². The van der Waals surface area contributed by atoms with E-state index in [-0.39, 0.29) is 35.2 Å². The van der Waals surface area contributed by atoms with Crippen molar-refractivity contribution in [1.29, 1.82) is 0 Å². The molecule has 2 aromatic rings. The van der Waals surface area contributed by atoms with E-state index in [1.807, 2.05) is 0 Å². The lowest BCUT2D eigenvalue weighted by molar-refractivity contribution is -0.149. The minimum absolute atomic E-state index is 0.180. The summed E-state index contributed by atoms with van der Waals surface area (Å²) in [6, 6.07) is 7.59. The van der Waals surface area contributed by atoms with Crippen molar-refractivity contribution in [2.24, 2.45) is 5.92 Å². The van der Waals surface area contributed by atoms with Crippen LogP contribution in [0.15, 0.2) is 30.3 Å². The van der Waals surface area contributed by atoms with Crippen molar-refractivity contribution in [1.82, 2.24) is 19.6 Å². The third kappa shape index (κ3) is 4.45. The quantitative estimate of drug-likeness (QED) is 0.681. The van der Waals surface area contributed by atoms with E-state index < -0.39 is 0 Å². The normalized spacial score (nSPS) is 16.9. The Labute approximate surface area is 179 Å². The SMILES string of the molecule is CCOC(=O)C1CCN(C(=O)c2cc3n(n2)CCN(Cc2ccc(F)cc2)C3=O)CC1. The molecule has 0 spiro atoms. The van der Waals surface area contributed by atoms with Crippen LogP contribution >= 0.6 is 0 Å². The van der Waals surface area contributed by atoms with Gasteiger partial charge in [-0.2, -0.15) is 5.10 Å². The fourth-order valence-electron chi connectivity index (χ4n) is 4.04. The van der Waals surface area contributed by atoms with Crippen LogP contribution in [-0.2, 0) is 22.6 Å². The van der Waals surface area contributed by atoms with Crippen LogP contribution in [0, 0.1) is 11.7 Å². The Balaban J connectivity index is 1.40. The highest BCUT2D eigenvalue weighted by molar-refractivity contribution is 5.98. The van der Waals surface area contributed by atoms with Crippen LogP contribution in [0.4, 0.5) is 4.39 Å². The topological polar surface area (TPSA) is 84.7 Å². The summed E-state index contributed by atoms with van der Waals surface area (Å²) in [5.41, 5.74) is 1.45. The number of amides is 2. The summed E-state index contributed by atoms with van der Waals surface area (Å²) in [7, 11) is 0. The largest absolute Gasteiger partial charge is 0.466 e. The second-order valence-corrected chi connectivity index (χ2v) is 7.81. The maximum atomic E-state index is 13.1. The second kappa shape index (κ2) is 8.87. The first kappa shape index (κ1) is 21.0. The van der Waals surface area contributed by atoms with Gasteiger partial charge in [0, 0.05) is 32.2 Å². The van der Waals surface area contributed by atoms with Crippen LogP contribution in [0.1, 0.15) is 46.3 Å². The Morgan fingerprint density at radius 3 is 2.52 bits per heavy atom.